The Hall–Kier alpha value is -0.590. The molecule has 0 saturated carbocycles. The van der Waals surface area contributed by atoms with Gasteiger partial charge >= 0.3 is 0 Å². The normalized spacial score (nSPS) is 18.4. The molecule has 8 heavy (non-hydrogen) atoms. The molecule has 1 nitrogen and oxygen atoms in total. The maximum absolute atomic E-state index is 4.05. The number of aliphatic imine (C=N–C) groups is 1. The molecular weight excluding hydrogens is 98.1 g/mol. The van der Waals surface area contributed by atoms with Crippen molar-refractivity contribution in [2.24, 2.45) is 4.99 Å². The first-order chi connectivity index (χ1) is 3.93. The van der Waals surface area contributed by atoms with E-state index in [0.717, 1.165) is 19.4 Å². The summed E-state index contributed by atoms with van der Waals surface area (Å²) >= 11 is 0. The van der Waals surface area contributed by atoms with E-state index in [2.05, 4.69) is 18.0 Å². The van der Waals surface area contributed by atoms with Crippen LogP contribution in [-0.4, -0.2) is 12.8 Å². The van der Waals surface area contributed by atoms with Crippen LogP contribution in [0.25, 0.3) is 0 Å². The van der Waals surface area contributed by atoms with Crippen molar-refractivity contribution < 1.29 is 0 Å². The van der Waals surface area contributed by atoms with Crippen molar-refractivity contribution in [2.45, 2.75) is 12.8 Å². The van der Waals surface area contributed by atoms with E-state index >= 15 is 0 Å². The van der Waals surface area contributed by atoms with Gasteiger partial charge in [-0.1, -0.05) is 11.6 Å². The van der Waals surface area contributed by atoms with Gasteiger partial charge in [0.2, 0.25) is 0 Å². The van der Waals surface area contributed by atoms with Crippen molar-refractivity contribution in [1.82, 2.24) is 0 Å². The summed E-state index contributed by atoms with van der Waals surface area (Å²) in [5, 5.41) is 0. The Morgan fingerprint density at radius 3 is 3.00 bits per heavy atom. The highest BCUT2D eigenvalue weighted by atomic mass is 14.7. The van der Waals surface area contributed by atoms with E-state index in [4.69, 9.17) is 0 Å². The zero-order chi connectivity index (χ0) is 5.82. The Morgan fingerprint density at radius 1 is 1.75 bits per heavy atom. The van der Waals surface area contributed by atoms with Gasteiger partial charge in [-0.2, -0.15) is 0 Å². The van der Waals surface area contributed by atoms with Gasteiger partial charge in [-0.25, -0.2) is 0 Å². The Balaban J connectivity index is 2.43. The van der Waals surface area contributed by atoms with Crippen molar-refractivity contribution in [3.05, 3.63) is 18.6 Å². The minimum absolute atomic E-state index is 0.866. The van der Waals surface area contributed by atoms with Crippen LogP contribution in [0.1, 0.15) is 12.8 Å². The maximum atomic E-state index is 4.05. The summed E-state index contributed by atoms with van der Waals surface area (Å²) in [7, 11) is 0. The molecule has 0 amide bonds. The fourth-order valence-corrected chi connectivity index (χ4v) is 0.726. The van der Waals surface area contributed by atoms with Gasteiger partial charge in [0.25, 0.3) is 0 Å². The number of allylic oxidation sites excluding steroid dienone is 1. The van der Waals surface area contributed by atoms with Crippen LogP contribution in [0.5, 0.6) is 0 Å². The molecule has 1 rings (SSSR count). The number of rotatable bonds is 1. The Morgan fingerprint density at radius 2 is 2.62 bits per heavy atom. The molecule has 1 heterocycles. The molecule has 0 saturated heterocycles. The van der Waals surface area contributed by atoms with Gasteiger partial charge in [0.1, 0.15) is 0 Å². The summed E-state index contributed by atoms with van der Waals surface area (Å²) in [4.78, 5) is 4.05. The number of nitrogens with zero attached hydrogens (tertiary/aromatic N) is 1. The molecule has 0 unspecified atom stereocenters. The van der Waals surface area contributed by atoms with Crippen molar-refractivity contribution in [3.8, 4) is 0 Å². The van der Waals surface area contributed by atoms with E-state index < -0.39 is 0 Å². The van der Waals surface area contributed by atoms with E-state index in [1.807, 2.05) is 6.21 Å². The molecule has 0 aromatic carbocycles. The van der Waals surface area contributed by atoms with E-state index in [0.29, 0.717) is 0 Å². The molecule has 0 atom stereocenters. The van der Waals surface area contributed by atoms with Crippen LogP contribution in [0.2, 0.25) is 0 Å². The molecule has 1 heteroatoms. The van der Waals surface area contributed by atoms with Gasteiger partial charge < -0.3 is 0 Å². The second-order valence-electron chi connectivity index (χ2n) is 1.86. The van der Waals surface area contributed by atoms with Crippen molar-refractivity contribution in [3.63, 3.8) is 0 Å². The quantitative estimate of drug-likeness (QED) is 0.452. The van der Waals surface area contributed by atoms with Gasteiger partial charge in [0, 0.05) is 12.6 Å². The van der Waals surface area contributed by atoms with Crippen molar-refractivity contribution >= 4 is 6.21 Å². The fraction of sp³-hybridized carbons (Fsp3) is 0.429. The molecular formula is C7H10N. The molecule has 0 aromatic rings. The average molecular weight is 108 g/mol. The van der Waals surface area contributed by atoms with Gasteiger partial charge in [0.15, 0.2) is 0 Å². The first-order valence-electron chi connectivity index (χ1n) is 2.89. The van der Waals surface area contributed by atoms with Crippen LogP contribution in [0.3, 0.4) is 0 Å². The van der Waals surface area contributed by atoms with Crippen LogP contribution in [0, 0.1) is 6.92 Å². The number of hydrogen-bond donors (Lipinski definition) is 0. The zero-order valence-electron chi connectivity index (χ0n) is 4.93. The molecule has 43 valence electrons. The second kappa shape index (κ2) is 2.65. The lowest BCUT2D eigenvalue weighted by Gasteiger charge is -2.02. The van der Waals surface area contributed by atoms with Gasteiger partial charge in [0.05, 0.1) is 6.54 Å². The summed E-state index contributed by atoms with van der Waals surface area (Å²) in [6.45, 7) is 4.65. The maximum Gasteiger partial charge on any atom is 0.0569 e. The second-order valence-corrected chi connectivity index (χ2v) is 1.86. The van der Waals surface area contributed by atoms with Crippen molar-refractivity contribution in [1.29, 1.82) is 0 Å². The minimum atomic E-state index is 0.866. The fourth-order valence-electron chi connectivity index (χ4n) is 0.726. The van der Waals surface area contributed by atoms with Gasteiger partial charge in [-0.3, -0.25) is 4.99 Å². The van der Waals surface area contributed by atoms with Crippen LogP contribution >= 0.6 is 0 Å². The molecule has 0 bridgehead atoms. The first-order valence-corrected chi connectivity index (χ1v) is 2.89. The van der Waals surface area contributed by atoms with Crippen molar-refractivity contribution in [2.75, 3.05) is 6.54 Å². The standard InChI is InChI=1S/C7H10N/c1-2-7-3-5-8-6-4-7/h3,6H,1-2,4-5H2. The molecule has 1 aliphatic heterocycles. The first kappa shape index (κ1) is 5.54. The Bertz CT molecular complexity index is 122. The summed E-state index contributed by atoms with van der Waals surface area (Å²) in [5.41, 5.74) is 1.42. The minimum Gasteiger partial charge on any atom is -0.293 e. The molecule has 0 fully saturated rings. The van der Waals surface area contributed by atoms with Gasteiger partial charge in [-0.05, 0) is 13.3 Å². The van der Waals surface area contributed by atoms with E-state index in [9.17, 15) is 0 Å². The van der Waals surface area contributed by atoms with Crippen LogP contribution in [-0.2, 0) is 0 Å². The largest absolute Gasteiger partial charge is 0.293 e. The highest BCUT2D eigenvalue weighted by Crippen LogP contribution is 2.06. The average Bonchev–Trinajstić information content (AvgIpc) is 1.90. The Labute approximate surface area is 50.1 Å². The Kier molecular flexibility index (Phi) is 1.84. The number of hydrogen-bond acceptors (Lipinski definition) is 1. The highest BCUT2D eigenvalue weighted by molar-refractivity contribution is 5.62. The van der Waals surface area contributed by atoms with Crippen LogP contribution in [0.15, 0.2) is 16.6 Å². The SMILES string of the molecule is [CH2]CC1=CCN=CC1. The van der Waals surface area contributed by atoms with E-state index in [1.165, 1.54) is 5.57 Å². The van der Waals surface area contributed by atoms with E-state index in [1.54, 1.807) is 0 Å². The topological polar surface area (TPSA) is 12.4 Å². The zero-order valence-corrected chi connectivity index (χ0v) is 4.93. The molecule has 1 radical (unpaired) electrons. The third-order valence-corrected chi connectivity index (χ3v) is 1.29. The molecule has 0 N–H and O–H groups in total. The summed E-state index contributed by atoms with van der Waals surface area (Å²) in [5.74, 6) is 0. The monoisotopic (exact) mass is 108 g/mol. The summed E-state index contributed by atoms with van der Waals surface area (Å²) < 4.78 is 0. The molecule has 0 aliphatic carbocycles. The lowest BCUT2D eigenvalue weighted by molar-refractivity contribution is 1.06. The predicted molar refractivity (Wildman–Crippen MR) is 36.0 cm³/mol. The highest BCUT2D eigenvalue weighted by Gasteiger charge is 1.93. The van der Waals surface area contributed by atoms with E-state index in [-0.39, 0.29) is 0 Å². The molecule has 0 spiro atoms. The predicted octanol–water partition coefficient (Wildman–Crippen LogP) is 1.61. The third-order valence-electron chi connectivity index (χ3n) is 1.29. The summed E-state index contributed by atoms with van der Waals surface area (Å²) in [6, 6.07) is 0. The molecule has 1 aliphatic rings. The third kappa shape index (κ3) is 1.19. The van der Waals surface area contributed by atoms with Crippen LogP contribution in [0.4, 0.5) is 0 Å². The lowest BCUT2D eigenvalue weighted by Crippen LogP contribution is -1.91. The lowest BCUT2D eigenvalue weighted by atomic mass is 10.1. The van der Waals surface area contributed by atoms with Crippen LogP contribution < -0.4 is 0 Å². The number of dihydropyridines is 1. The molecule has 0 aromatic heterocycles. The van der Waals surface area contributed by atoms with Gasteiger partial charge in [-0.15, -0.1) is 0 Å². The summed E-state index contributed by atoms with van der Waals surface area (Å²) in [6.07, 6.45) is 6.06. The smallest absolute Gasteiger partial charge is 0.0569 e.